The second-order valence-electron chi connectivity index (χ2n) is 7.38. The van der Waals surface area contributed by atoms with Crippen molar-refractivity contribution >= 4 is 39.3 Å². The molecule has 0 saturated heterocycles. The summed E-state index contributed by atoms with van der Waals surface area (Å²) in [7, 11) is 0. The largest absolute Gasteiger partial charge is 0.388 e. The Bertz CT molecular complexity index is 1280. The summed E-state index contributed by atoms with van der Waals surface area (Å²) in [5, 5.41) is 26.2. The first-order valence-corrected chi connectivity index (χ1v) is 9.55. The van der Waals surface area contributed by atoms with Crippen LogP contribution in [0, 0.1) is 0 Å². The molecule has 9 heteroatoms. The molecule has 1 aliphatic carbocycles. The lowest BCUT2D eigenvalue weighted by molar-refractivity contribution is 0.0327. The second kappa shape index (κ2) is 6.97. The van der Waals surface area contributed by atoms with Crippen LogP contribution in [0.4, 0.5) is 17.3 Å². The van der Waals surface area contributed by atoms with Crippen molar-refractivity contribution in [3.63, 3.8) is 0 Å². The Kier molecular flexibility index (Phi) is 4.27. The van der Waals surface area contributed by atoms with Crippen LogP contribution in [-0.4, -0.2) is 48.5 Å². The monoisotopic (exact) mass is 403 g/mol. The summed E-state index contributed by atoms with van der Waals surface area (Å²) in [5.41, 5.74) is 14.6. The summed E-state index contributed by atoms with van der Waals surface area (Å²) in [5.74, 6) is 0.839. The predicted molar refractivity (Wildman–Crippen MR) is 116 cm³/mol. The van der Waals surface area contributed by atoms with E-state index in [0.29, 0.717) is 34.8 Å². The Morgan fingerprint density at radius 2 is 1.90 bits per heavy atom. The third-order valence-electron chi connectivity index (χ3n) is 5.51. The normalized spacial score (nSPS) is 21.3. The van der Waals surface area contributed by atoms with Gasteiger partial charge in [-0.1, -0.05) is 12.1 Å². The van der Waals surface area contributed by atoms with Crippen LogP contribution in [0.2, 0.25) is 0 Å². The molecule has 0 radical (unpaired) electrons. The number of pyridine rings is 1. The lowest BCUT2D eigenvalue weighted by Crippen LogP contribution is -2.30. The molecule has 0 bridgehead atoms. The van der Waals surface area contributed by atoms with E-state index in [9.17, 15) is 10.2 Å². The smallest absolute Gasteiger partial charge is 0.146 e. The molecular formula is C21H21N7O2. The van der Waals surface area contributed by atoms with Gasteiger partial charge in [0.1, 0.15) is 35.8 Å². The molecule has 0 aliphatic heterocycles. The lowest BCUT2D eigenvalue weighted by atomic mass is 10.1. The molecule has 7 N–H and O–H groups in total. The van der Waals surface area contributed by atoms with Gasteiger partial charge in [0.25, 0.3) is 0 Å². The SMILES string of the molecule is Nc1ccc2ccc(NCC3=CC(n4ccc5c(N)ncnc54)C(O)C3O)cc2n1. The number of nitrogen functional groups attached to an aromatic ring is 2. The third-order valence-corrected chi connectivity index (χ3v) is 5.51. The standard InChI is InChI=1S/C21H21N7O2/c22-17-4-2-11-1-3-13(8-15(11)27-17)24-9-12-7-16(19(30)18(12)29)28-6-5-14-20(23)25-10-26-21(14)28/h1-8,10,16,18-19,24,29-30H,9H2,(H2,22,27)(H2,23,25,26). The number of aliphatic hydroxyl groups excluding tert-OH is 2. The second-order valence-corrected chi connectivity index (χ2v) is 7.38. The number of aliphatic hydroxyl groups is 2. The van der Waals surface area contributed by atoms with Gasteiger partial charge in [-0.2, -0.15) is 0 Å². The number of nitrogens with zero attached hydrogens (tertiary/aromatic N) is 4. The van der Waals surface area contributed by atoms with Crippen molar-refractivity contribution in [1.82, 2.24) is 19.5 Å². The third kappa shape index (κ3) is 3.00. The van der Waals surface area contributed by atoms with Crippen LogP contribution >= 0.6 is 0 Å². The summed E-state index contributed by atoms with van der Waals surface area (Å²) in [4.78, 5) is 12.6. The number of aromatic nitrogens is 4. The first kappa shape index (κ1) is 18.3. The maximum Gasteiger partial charge on any atom is 0.146 e. The molecule has 4 aromatic rings. The van der Waals surface area contributed by atoms with Crippen molar-refractivity contribution in [2.75, 3.05) is 23.3 Å². The Hall–Kier alpha value is -3.69. The molecule has 3 heterocycles. The molecule has 1 aromatic carbocycles. The molecule has 3 atom stereocenters. The Balaban J connectivity index is 1.40. The molecule has 3 aromatic heterocycles. The molecule has 0 amide bonds. The van der Waals surface area contributed by atoms with Gasteiger partial charge in [-0.25, -0.2) is 15.0 Å². The fraction of sp³-hybridized carbons (Fsp3) is 0.190. The first-order valence-electron chi connectivity index (χ1n) is 9.55. The van der Waals surface area contributed by atoms with Gasteiger partial charge in [-0.15, -0.1) is 0 Å². The minimum Gasteiger partial charge on any atom is -0.388 e. The number of benzene rings is 1. The van der Waals surface area contributed by atoms with Crippen LogP contribution in [0.25, 0.3) is 21.9 Å². The van der Waals surface area contributed by atoms with E-state index in [-0.39, 0.29) is 0 Å². The highest BCUT2D eigenvalue weighted by atomic mass is 16.3. The minimum atomic E-state index is -0.994. The summed E-state index contributed by atoms with van der Waals surface area (Å²) in [6, 6.07) is 10.8. The van der Waals surface area contributed by atoms with Gasteiger partial charge in [-0.05, 0) is 35.9 Å². The average molecular weight is 403 g/mol. The van der Waals surface area contributed by atoms with Crippen molar-refractivity contribution < 1.29 is 10.2 Å². The van der Waals surface area contributed by atoms with Crippen LogP contribution in [-0.2, 0) is 0 Å². The molecular weight excluding hydrogens is 382 g/mol. The summed E-state index contributed by atoms with van der Waals surface area (Å²) in [6.45, 7) is 0.374. The fourth-order valence-corrected chi connectivity index (χ4v) is 3.91. The van der Waals surface area contributed by atoms with E-state index < -0.39 is 18.2 Å². The van der Waals surface area contributed by atoms with Crippen molar-refractivity contribution in [2.45, 2.75) is 18.2 Å². The van der Waals surface area contributed by atoms with Gasteiger partial charge in [0.15, 0.2) is 0 Å². The summed E-state index contributed by atoms with van der Waals surface area (Å²) in [6.07, 6.45) is 3.05. The molecule has 0 fully saturated rings. The van der Waals surface area contributed by atoms with E-state index in [1.807, 2.05) is 36.4 Å². The average Bonchev–Trinajstić information content (AvgIpc) is 3.29. The molecule has 152 valence electrons. The highest BCUT2D eigenvalue weighted by molar-refractivity contribution is 5.86. The summed E-state index contributed by atoms with van der Waals surface area (Å²) < 4.78 is 1.80. The molecule has 5 rings (SSSR count). The molecule has 0 saturated carbocycles. The highest BCUT2D eigenvalue weighted by Gasteiger charge is 2.36. The minimum absolute atomic E-state index is 0.374. The number of nitrogens with two attached hydrogens (primary N) is 2. The van der Waals surface area contributed by atoms with Gasteiger partial charge in [0.05, 0.1) is 16.9 Å². The Morgan fingerprint density at radius 1 is 1.07 bits per heavy atom. The van der Waals surface area contributed by atoms with Gasteiger partial charge < -0.3 is 31.6 Å². The van der Waals surface area contributed by atoms with Crippen LogP contribution in [0.3, 0.4) is 0 Å². The van der Waals surface area contributed by atoms with Crippen LogP contribution in [0.5, 0.6) is 0 Å². The number of rotatable bonds is 4. The number of hydrogen-bond acceptors (Lipinski definition) is 8. The number of anilines is 3. The van der Waals surface area contributed by atoms with Crippen LogP contribution in [0.1, 0.15) is 6.04 Å². The van der Waals surface area contributed by atoms with Crippen molar-refractivity contribution in [2.24, 2.45) is 0 Å². The first-order chi connectivity index (χ1) is 14.5. The van der Waals surface area contributed by atoms with Gasteiger partial charge in [-0.3, -0.25) is 0 Å². The van der Waals surface area contributed by atoms with Crippen molar-refractivity contribution in [3.05, 3.63) is 60.6 Å². The number of nitrogens with one attached hydrogen (secondary N) is 1. The van der Waals surface area contributed by atoms with E-state index in [4.69, 9.17) is 11.5 Å². The molecule has 9 nitrogen and oxygen atoms in total. The van der Waals surface area contributed by atoms with Gasteiger partial charge in [0.2, 0.25) is 0 Å². The molecule has 0 spiro atoms. The topological polar surface area (TPSA) is 148 Å². The predicted octanol–water partition coefficient (Wildman–Crippen LogP) is 1.46. The maximum atomic E-state index is 10.6. The van der Waals surface area contributed by atoms with Gasteiger partial charge in [0, 0.05) is 23.8 Å². The van der Waals surface area contributed by atoms with Crippen LogP contribution in [0.15, 0.2) is 60.6 Å². The maximum absolute atomic E-state index is 10.6. The van der Waals surface area contributed by atoms with Crippen molar-refractivity contribution in [3.8, 4) is 0 Å². The van der Waals surface area contributed by atoms with E-state index in [0.717, 1.165) is 16.6 Å². The fourth-order valence-electron chi connectivity index (χ4n) is 3.91. The zero-order valence-electron chi connectivity index (χ0n) is 16.0. The molecule has 1 aliphatic rings. The zero-order valence-corrected chi connectivity index (χ0v) is 16.0. The van der Waals surface area contributed by atoms with Crippen LogP contribution < -0.4 is 16.8 Å². The zero-order chi connectivity index (χ0) is 20.8. The molecule has 30 heavy (non-hydrogen) atoms. The van der Waals surface area contributed by atoms with E-state index in [2.05, 4.69) is 20.3 Å². The van der Waals surface area contributed by atoms with Gasteiger partial charge >= 0.3 is 0 Å². The number of fused-ring (bicyclic) bond motifs is 2. The Morgan fingerprint density at radius 3 is 2.77 bits per heavy atom. The summed E-state index contributed by atoms with van der Waals surface area (Å²) >= 11 is 0. The Labute approximate surface area is 171 Å². The quantitative estimate of drug-likeness (QED) is 0.322. The van der Waals surface area contributed by atoms with Crippen molar-refractivity contribution in [1.29, 1.82) is 0 Å². The highest BCUT2D eigenvalue weighted by Crippen LogP contribution is 2.33. The number of hydrogen-bond donors (Lipinski definition) is 5. The van der Waals surface area contributed by atoms with E-state index >= 15 is 0 Å². The van der Waals surface area contributed by atoms with E-state index in [1.165, 1.54) is 6.33 Å². The lowest BCUT2D eigenvalue weighted by Gasteiger charge is -2.19. The molecule has 3 unspecified atom stereocenters. The van der Waals surface area contributed by atoms with E-state index in [1.54, 1.807) is 16.8 Å².